The van der Waals surface area contributed by atoms with Gasteiger partial charge in [-0.15, -0.1) is 11.8 Å². The Labute approximate surface area is 82.9 Å². The molecular formula is C9H18OS2. The van der Waals surface area contributed by atoms with Gasteiger partial charge in [-0.2, -0.15) is 0 Å². The molecule has 3 heteroatoms. The van der Waals surface area contributed by atoms with Crippen molar-refractivity contribution in [2.24, 2.45) is 11.8 Å². The van der Waals surface area contributed by atoms with E-state index in [2.05, 4.69) is 20.1 Å². The molecule has 1 saturated carbocycles. The van der Waals surface area contributed by atoms with Gasteiger partial charge in [-0.05, 0) is 29.3 Å². The normalized spacial score (nSPS) is 44.8. The van der Waals surface area contributed by atoms with E-state index in [-0.39, 0.29) is 4.08 Å². The van der Waals surface area contributed by atoms with Gasteiger partial charge in [-0.1, -0.05) is 13.8 Å². The van der Waals surface area contributed by atoms with Crippen LogP contribution in [-0.2, 0) is 11.2 Å². The van der Waals surface area contributed by atoms with E-state index in [1.807, 2.05) is 6.26 Å². The fourth-order valence-corrected chi connectivity index (χ4v) is 4.78. The van der Waals surface area contributed by atoms with Gasteiger partial charge in [0.05, 0.1) is 6.26 Å². The highest BCUT2D eigenvalue weighted by molar-refractivity contribution is 8.14. The molecule has 3 atom stereocenters. The van der Waals surface area contributed by atoms with Crippen LogP contribution in [0.2, 0.25) is 0 Å². The molecule has 1 rings (SSSR count). The Balaban J connectivity index is 2.71. The van der Waals surface area contributed by atoms with Gasteiger partial charge in [-0.25, -0.2) is 0 Å². The number of rotatable bonds is 2. The van der Waals surface area contributed by atoms with Crippen molar-refractivity contribution in [3.63, 3.8) is 0 Å². The third-order valence-corrected chi connectivity index (χ3v) is 6.80. The Kier molecular flexibility index (Phi) is 3.41. The highest BCUT2D eigenvalue weighted by Crippen LogP contribution is 2.49. The Morgan fingerprint density at radius 1 is 1.33 bits per heavy atom. The van der Waals surface area contributed by atoms with Crippen LogP contribution >= 0.6 is 11.8 Å². The van der Waals surface area contributed by atoms with Crippen molar-refractivity contribution >= 4 is 22.9 Å². The Morgan fingerprint density at radius 2 is 1.75 bits per heavy atom. The maximum Gasteiger partial charge on any atom is 0.170 e. The van der Waals surface area contributed by atoms with Crippen LogP contribution in [0.1, 0.15) is 26.7 Å². The second-order valence-corrected chi connectivity index (χ2v) is 7.07. The van der Waals surface area contributed by atoms with Gasteiger partial charge in [0.1, 0.15) is 0 Å². The largest absolute Gasteiger partial charge is 0.615 e. The second kappa shape index (κ2) is 3.81. The van der Waals surface area contributed by atoms with Crippen molar-refractivity contribution in [1.82, 2.24) is 0 Å². The average Bonchev–Trinajstić information content (AvgIpc) is 2.29. The molecule has 0 aromatic heterocycles. The van der Waals surface area contributed by atoms with Gasteiger partial charge in [0.2, 0.25) is 0 Å². The molecule has 1 fully saturated rings. The predicted octanol–water partition coefficient (Wildman–Crippen LogP) is 2.49. The van der Waals surface area contributed by atoms with Crippen molar-refractivity contribution < 1.29 is 4.55 Å². The minimum Gasteiger partial charge on any atom is -0.615 e. The first-order valence-corrected chi connectivity index (χ1v) is 7.19. The van der Waals surface area contributed by atoms with E-state index in [0.29, 0.717) is 0 Å². The first kappa shape index (κ1) is 10.7. The number of hydrogen-bond donors (Lipinski definition) is 0. The Bertz CT molecular complexity index is 149. The molecule has 0 radical (unpaired) electrons. The zero-order valence-electron chi connectivity index (χ0n) is 8.29. The molecule has 1 aliphatic carbocycles. The molecule has 72 valence electrons. The minimum atomic E-state index is -0.678. The van der Waals surface area contributed by atoms with Crippen LogP contribution in [0.3, 0.4) is 0 Å². The van der Waals surface area contributed by atoms with E-state index in [4.69, 9.17) is 0 Å². The third kappa shape index (κ3) is 1.78. The van der Waals surface area contributed by atoms with Crippen molar-refractivity contribution in [2.75, 3.05) is 12.5 Å². The van der Waals surface area contributed by atoms with Crippen molar-refractivity contribution in [1.29, 1.82) is 0 Å². The van der Waals surface area contributed by atoms with Gasteiger partial charge in [0.15, 0.2) is 4.08 Å². The molecule has 0 saturated heterocycles. The summed E-state index contributed by atoms with van der Waals surface area (Å²) < 4.78 is 11.6. The molecule has 1 aliphatic rings. The summed E-state index contributed by atoms with van der Waals surface area (Å²) >= 11 is 1.12. The zero-order valence-corrected chi connectivity index (χ0v) is 9.93. The number of thioether (sulfide) groups is 1. The molecule has 0 amide bonds. The van der Waals surface area contributed by atoms with Crippen LogP contribution in [0.5, 0.6) is 0 Å². The highest BCUT2D eigenvalue weighted by Gasteiger charge is 2.48. The maximum atomic E-state index is 11.6. The number of hydrogen-bond acceptors (Lipinski definition) is 2. The molecule has 0 heterocycles. The maximum absolute atomic E-state index is 11.6. The molecule has 0 N–H and O–H groups in total. The fraction of sp³-hybridized carbons (Fsp3) is 1.00. The second-order valence-electron chi connectivity index (χ2n) is 3.93. The van der Waals surface area contributed by atoms with Crippen LogP contribution in [0.25, 0.3) is 0 Å². The van der Waals surface area contributed by atoms with Gasteiger partial charge in [-0.3, -0.25) is 0 Å². The lowest BCUT2D eigenvalue weighted by molar-refractivity contribution is 0.457. The topological polar surface area (TPSA) is 23.1 Å². The van der Waals surface area contributed by atoms with Gasteiger partial charge >= 0.3 is 0 Å². The van der Waals surface area contributed by atoms with Crippen LogP contribution in [0.4, 0.5) is 0 Å². The van der Waals surface area contributed by atoms with Crippen LogP contribution in [-0.4, -0.2) is 21.1 Å². The smallest absolute Gasteiger partial charge is 0.170 e. The summed E-state index contributed by atoms with van der Waals surface area (Å²) in [5.41, 5.74) is 0. The highest BCUT2D eigenvalue weighted by atomic mass is 32.3. The molecule has 0 spiro atoms. The van der Waals surface area contributed by atoms with Crippen LogP contribution in [0, 0.1) is 11.8 Å². The first-order valence-electron chi connectivity index (χ1n) is 4.40. The monoisotopic (exact) mass is 206 g/mol. The SMILES string of the molecule is CSC1([S+](C)[O-])CC(C)C(C)C1. The summed E-state index contributed by atoms with van der Waals surface area (Å²) in [4.78, 5) is 0. The van der Waals surface area contributed by atoms with Crippen molar-refractivity contribution in [2.45, 2.75) is 30.8 Å². The van der Waals surface area contributed by atoms with Crippen LogP contribution in [0.15, 0.2) is 0 Å². The van der Waals surface area contributed by atoms with E-state index in [1.54, 1.807) is 11.8 Å². The molecule has 3 unspecified atom stereocenters. The molecule has 12 heavy (non-hydrogen) atoms. The Morgan fingerprint density at radius 3 is 1.92 bits per heavy atom. The molecule has 0 aliphatic heterocycles. The van der Waals surface area contributed by atoms with Gasteiger partial charge in [0, 0.05) is 12.8 Å². The quantitative estimate of drug-likeness (QED) is 0.648. The molecule has 0 aromatic rings. The zero-order chi connectivity index (χ0) is 9.35. The lowest BCUT2D eigenvalue weighted by Gasteiger charge is -2.27. The lowest BCUT2D eigenvalue weighted by Crippen LogP contribution is -2.31. The van der Waals surface area contributed by atoms with Crippen LogP contribution < -0.4 is 0 Å². The van der Waals surface area contributed by atoms with Crippen molar-refractivity contribution in [3.05, 3.63) is 0 Å². The molecule has 1 nitrogen and oxygen atoms in total. The van der Waals surface area contributed by atoms with E-state index in [1.165, 1.54) is 0 Å². The predicted molar refractivity (Wildman–Crippen MR) is 57.9 cm³/mol. The lowest BCUT2D eigenvalue weighted by atomic mass is 10.0. The van der Waals surface area contributed by atoms with Crippen molar-refractivity contribution in [3.8, 4) is 0 Å². The summed E-state index contributed by atoms with van der Waals surface area (Å²) in [6, 6.07) is 0. The fourth-order valence-electron chi connectivity index (χ4n) is 1.99. The van der Waals surface area contributed by atoms with E-state index >= 15 is 0 Å². The first-order chi connectivity index (χ1) is 5.52. The van der Waals surface area contributed by atoms with Gasteiger partial charge in [0.25, 0.3) is 0 Å². The summed E-state index contributed by atoms with van der Waals surface area (Å²) in [5, 5.41) is 0. The van der Waals surface area contributed by atoms with E-state index in [9.17, 15) is 4.55 Å². The summed E-state index contributed by atoms with van der Waals surface area (Å²) in [5.74, 6) is 1.47. The molecule has 0 aromatic carbocycles. The van der Waals surface area contributed by atoms with E-state index in [0.717, 1.165) is 24.7 Å². The minimum absolute atomic E-state index is 0.0683. The summed E-state index contributed by atoms with van der Waals surface area (Å²) in [7, 11) is 0. The molecular weight excluding hydrogens is 188 g/mol. The van der Waals surface area contributed by atoms with Gasteiger partial charge < -0.3 is 4.55 Å². The van der Waals surface area contributed by atoms with E-state index < -0.39 is 11.2 Å². The standard InChI is InChI=1S/C9H18OS2/c1-7-5-9(11-3,12(4)10)6-8(7)2/h7-8H,5-6H2,1-4H3. The summed E-state index contributed by atoms with van der Waals surface area (Å²) in [6.07, 6.45) is 6.18. The third-order valence-electron chi connectivity index (χ3n) is 3.13. The average molecular weight is 206 g/mol. The molecule has 0 bridgehead atoms. The summed E-state index contributed by atoms with van der Waals surface area (Å²) in [6.45, 7) is 4.55. The Hall–Kier alpha value is 0.660.